The van der Waals surface area contributed by atoms with Gasteiger partial charge in [0.25, 0.3) is 0 Å². The van der Waals surface area contributed by atoms with Gasteiger partial charge in [-0.2, -0.15) is 0 Å². The summed E-state index contributed by atoms with van der Waals surface area (Å²) in [5.74, 6) is 0.843. The smallest absolute Gasteiger partial charge is 0.119 e. The van der Waals surface area contributed by atoms with E-state index in [9.17, 15) is 0 Å². The number of nitrogens with zero attached hydrogens (tertiary/aromatic N) is 1. The van der Waals surface area contributed by atoms with Crippen LogP contribution in [0.25, 0.3) is 17.2 Å². The quantitative estimate of drug-likeness (QED) is 0.661. The largest absolute Gasteiger partial charge is 0.497 e. The number of hydrogen-bond donors (Lipinski definition) is 0. The van der Waals surface area contributed by atoms with Crippen LogP contribution in [-0.4, -0.2) is 31.6 Å². The lowest BCUT2D eigenvalue weighted by Gasteiger charge is -2.17. The van der Waals surface area contributed by atoms with Crippen LogP contribution < -0.4 is 4.74 Å². The van der Waals surface area contributed by atoms with Crippen molar-refractivity contribution in [2.24, 2.45) is 0 Å². The molecule has 1 saturated heterocycles. The summed E-state index contributed by atoms with van der Waals surface area (Å²) in [7, 11) is 1.68. The predicted octanol–water partition coefficient (Wildman–Crippen LogP) is 5.90. The molecule has 1 fully saturated rings. The summed E-state index contributed by atoms with van der Waals surface area (Å²) < 4.78 is 5.30. The van der Waals surface area contributed by atoms with E-state index in [0.29, 0.717) is 0 Å². The first kappa shape index (κ1) is 18.0. The molecule has 0 atom stereocenters. The molecule has 3 rings (SSSR count). The molecule has 0 aromatic heterocycles. The summed E-state index contributed by atoms with van der Waals surface area (Å²) >= 11 is 6.52. The molecule has 25 heavy (non-hydrogen) atoms. The van der Waals surface area contributed by atoms with Gasteiger partial charge in [0.05, 0.1) is 7.11 Å². The van der Waals surface area contributed by atoms with E-state index in [1.165, 1.54) is 38.8 Å². The number of ether oxygens (including phenoxy) is 1. The fraction of sp³-hybridized carbons (Fsp3) is 0.364. The second-order valence-electron chi connectivity index (χ2n) is 6.59. The minimum absolute atomic E-state index is 0.769. The van der Waals surface area contributed by atoms with Crippen LogP contribution in [-0.2, 0) is 0 Å². The van der Waals surface area contributed by atoms with Crippen molar-refractivity contribution in [1.82, 2.24) is 4.90 Å². The van der Waals surface area contributed by atoms with Crippen molar-refractivity contribution in [3.8, 4) is 16.9 Å². The van der Waals surface area contributed by atoms with E-state index in [0.717, 1.165) is 34.0 Å². The first-order valence-corrected chi connectivity index (χ1v) is 9.47. The second kappa shape index (κ2) is 9.07. The van der Waals surface area contributed by atoms with Gasteiger partial charge in [-0.25, -0.2) is 0 Å². The molecule has 2 aromatic rings. The predicted molar refractivity (Wildman–Crippen MR) is 107 cm³/mol. The summed E-state index contributed by atoms with van der Waals surface area (Å²) in [5.41, 5.74) is 3.25. The number of likely N-dealkylation sites (tertiary alicyclic amines) is 1. The SMILES string of the molecule is COc1cccc(-c2ccc(/C=C/CN3CCCCCC3)cc2Cl)c1. The molecule has 2 nitrogen and oxygen atoms in total. The van der Waals surface area contributed by atoms with Crippen molar-refractivity contribution in [3.05, 3.63) is 59.1 Å². The van der Waals surface area contributed by atoms with Crippen LogP contribution in [0.4, 0.5) is 0 Å². The van der Waals surface area contributed by atoms with E-state index in [-0.39, 0.29) is 0 Å². The maximum atomic E-state index is 6.52. The maximum Gasteiger partial charge on any atom is 0.119 e. The lowest BCUT2D eigenvalue weighted by molar-refractivity contribution is 0.316. The molecular weight excluding hydrogens is 330 g/mol. The topological polar surface area (TPSA) is 12.5 Å². The van der Waals surface area contributed by atoms with Crippen LogP contribution >= 0.6 is 11.6 Å². The third-order valence-electron chi connectivity index (χ3n) is 4.75. The molecule has 1 heterocycles. The van der Waals surface area contributed by atoms with E-state index >= 15 is 0 Å². The molecule has 1 aliphatic heterocycles. The van der Waals surface area contributed by atoms with Crippen LogP contribution in [0, 0.1) is 0 Å². The molecule has 1 aliphatic rings. The number of hydrogen-bond acceptors (Lipinski definition) is 2. The Hall–Kier alpha value is -1.77. The third-order valence-corrected chi connectivity index (χ3v) is 5.06. The lowest BCUT2D eigenvalue weighted by Crippen LogP contribution is -2.24. The molecule has 0 N–H and O–H groups in total. The lowest BCUT2D eigenvalue weighted by atomic mass is 10.0. The molecule has 0 saturated carbocycles. The highest BCUT2D eigenvalue weighted by molar-refractivity contribution is 6.33. The zero-order valence-electron chi connectivity index (χ0n) is 14.9. The van der Waals surface area contributed by atoms with Gasteiger partial charge in [-0.05, 0) is 55.3 Å². The Morgan fingerprint density at radius 1 is 1.04 bits per heavy atom. The Bertz CT molecular complexity index is 718. The van der Waals surface area contributed by atoms with Crippen molar-refractivity contribution in [3.63, 3.8) is 0 Å². The number of halogens is 1. The fourth-order valence-corrected chi connectivity index (χ4v) is 3.61. The van der Waals surface area contributed by atoms with Gasteiger partial charge >= 0.3 is 0 Å². The summed E-state index contributed by atoms with van der Waals surface area (Å²) in [5, 5.41) is 0.769. The molecule has 0 bridgehead atoms. The second-order valence-corrected chi connectivity index (χ2v) is 7.00. The highest BCUT2D eigenvalue weighted by Gasteiger charge is 2.07. The molecular formula is C22H26ClNO. The first-order valence-electron chi connectivity index (χ1n) is 9.09. The number of methoxy groups -OCH3 is 1. The van der Waals surface area contributed by atoms with Gasteiger partial charge in [0.1, 0.15) is 5.75 Å². The van der Waals surface area contributed by atoms with Crippen LogP contribution in [0.2, 0.25) is 5.02 Å². The molecule has 0 aliphatic carbocycles. The molecule has 3 heteroatoms. The van der Waals surface area contributed by atoms with Gasteiger partial charge in [-0.3, -0.25) is 4.90 Å². The molecule has 0 amide bonds. The fourth-order valence-electron chi connectivity index (χ4n) is 3.32. The first-order chi connectivity index (χ1) is 12.3. The summed E-state index contributed by atoms with van der Waals surface area (Å²) in [4.78, 5) is 2.54. The van der Waals surface area contributed by atoms with Gasteiger partial charge in [0.2, 0.25) is 0 Å². The van der Waals surface area contributed by atoms with Crippen LogP contribution in [0.5, 0.6) is 5.75 Å². The van der Waals surface area contributed by atoms with Crippen molar-refractivity contribution >= 4 is 17.7 Å². The Morgan fingerprint density at radius 2 is 1.84 bits per heavy atom. The molecule has 0 unspecified atom stereocenters. The van der Waals surface area contributed by atoms with E-state index in [2.05, 4.69) is 35.3 Å². The highest BCUT2D eigenvalue weighted by atomic mass is 35.5. The Labute approximate surface area is 156 Å². The third kappa shape index (κ3) is 5.10. The average Bonchev–Trinajstić information content (AvgIpc) is 2.91. The van der Waals surface area contributed by atoms with Gasteiger partial charge in [0.15, 0.2) is 0 Å². The maximum absolute atomic E-state index is 6.52. The zero-order valence-corrected chi connectivity index (χ0v) is 15.6. The van der Waals surface area contributed by atoms with Gasteiger partial charge in [-0.15, -0.1) is 0 Å². The Kier molecular flexibility index (Phi) is 6.55. The minimum atomic E-state index is 0.769. The average molecular weight is 356 g/mol. The zero-order chi connectivity index (χ0) is 17.5. The van der Waals surface area contributed by atoms with Gasteiger partial charge < -0.3 is 4.74 Å². The Balaban J connectivity index is 1.67. The minimum Gasteiger partial charge on any atom is -0.497 e. The molecule has 0 radical (unpaired) electrons. The van der Waals surface area contributed by atoms with Crippen molar-refractivity contribution in [2.45, 2.75) is 25.7 Å². The van der Waals surface area contributed by atoms with Crippen LogP contribution in [0.15, 0.2) is 48.5 Å². The highest BCUT2D eigenvalue weighted by Crippen LogP contribution is 2.31. The summed E-state index contributed by atoms with van der Waals surface area (Å²) in [6.07, 6.45) is 9.83. The Morgan fingerprint density at radius 3 is 2.56 bits per heavy atom. The van der Waals surface area contributed by atoms with E-state index < -0.39 is 0 Å². The standard InChI is InChI=1S/C22H26ClNO/c1-25-20-10-6-9-19(17-20)21-12-11-18(16-22(21)23)8-7-15-24-13-4-2-3-5-14-24/h6-12,16-17H,2-5,13-15H2,1H3/b8-7+. The van der Waals surface area contributed by atoms with E-state index in [1.807, 2.05) is 24.3 Å². The monoisotopic (exact) mass is 355 g/mol. The van der Waals surface area contributed by atoms with Gasteiger partial charge in [-0.1, -0.05) is 60.9 Å². The molecule has 0 spiro atoms. The van der Waals surface area contributed by atoms with Crippen LogP contribution in [0.3, 0.4) is 0 Å². The molecule has 2 aromatic carbocycles. The summed E-state index contributed by atoms with van der Waals surface area (Å²) in [6.45, 7) is 3.47. The van der Waals surface area contributed by atoms with Crippen molar-refractivity contribution < 1.29 is 4.74 Å². The van der Waals surface area contributed by atoms with Crippen LogP contribution in [0.1, 0.15) is 31.2 Å². The summed E-state index contributed by atoms with van der Waals surface area (Å²) in [6, 6.07) is 14.2. The van der Waals surface area contributed by atoms with Crippen molar-refractivity contribution in [2.75, 3.05) is 26.7 Å². The normalized spacial score (nSPS) is 16.1. The molecule has 132 valence electrons. The van der Waals surface area contributed by atoms with Gasteiger partial charge in [0, 0.05) is 17.1 Å². The number of benzene rings is 2. The number of rotatable bonds is 5. The van der Waals surface area contributed by atoms with Crippen molar-refractivity contribution in [1.29, 1.82) is 0 Å². The van der Waals surface area contributed by atoms with E-state index in [4.69, 9.17) is 16.3 Å². The van der Waals surface area contributed by atoms with E-state index in [1.54, 1.807) is 7.11 Å².